The second kappa shape index (κ2) is 12.9. The lowest BCUT2D eigenvalue weighted by Gasteiger charge is -2.32. The maximum Gasteiger partial charge on any atom is 0.261 e. The molecular weight excluding hydrogens is 448 g/mol. The predicted octanol–water partition coefficient (Wildman–Crippen LogP) is 5.55. The summed E-state index contributed by atoms with van der Waals surface area (Å²) >= 11 is 0. The van der Waals surface area contributed by atoms with E-state index >= 15 is 0 Å². The average Bonchev–Trinajstić information content (AvgIpc) is 2.87. The summed E-state index contributed by atoms with van der Waals surface area (Å²) in [4.78, 5) is 28.9. The van der Waals surface area contributed by atoms with Crippen LogP contribution in [0, 0.1) is 20.8 Å². The number of rotatable bonds is 11. The molecule has 3 aromatic carbocycles. The molecule has 190 valence electrons. The smallest absolute Gasteiger partial charge is 0.261 e. The zero-order valence-corrected chi connectivity index (χ0v) is 22.1. The van der Waals surface area contributed by atoms with Crippen LogP contribution < -0.4 is 10.1 Å². The molecule has 0 saturated heterocycles. The van der Waals surface area contributed by atoms with Crippen molar-refractivity contribution in [3.8, 4) is 5.75 Å². The topological polar surface area (TPSA) is 58.6 Å². The van der Waals surface area contributed by atoms with E-state index in [1.807, 2.05) is 101 Å². The van der Waals surface area contributed by atoms with Gasteiger partial charge in [-0.15, -0.1) is 0 Å². The fraction of sp³-hybridized carbons (Fsp3) is 0.355. The molecule has 0 aliphatic carbocycles. The van der Waals surface area contributed by atoms with Gasteiger partial charge in [0.25, 0.3) is 5.91 Å². The Kier molecular flexibility index (Phi) is 9.69. The van der Waals surface area contributed by atoms with Crippen molar-refractivity contribution in [3.05, 3.63) is 101 Å². The van der Waals surface area contributed by atoms with Gasteiger partial charge in [-0.1, -0.05) is 79.2 Å². The molecule has 0 spiro atoms. The first kappa shape index (κ1) is 27.0. The lowest BCUT2D eigenvalue weighted by molar-refractivity contribution is -0.143. The van der Waals surface area contributed by atoms with Crippen LogP contribution in [-0.2, 0) is 22.6 Å². The molecule has 3 aromatic rings. The highest BCUT2D eigenvalue weighted by atomic mass is 16.5. The van der Waals surface area contributed by atoms with Crippen LogP contribution >= 0.6 is 0 Å². The zero-order chi connectivity index (χ0) is 26.1. The Balaban J connectivity index is 1.93. The number of nitrogens with zero attached hydrogens (tertiary/aromatic N) is 1. The van der Waals surface area contributed by atoms with Gasteiger partial charge in [-0.2, -0.15) is 0 Å². The predicted molar refractivity (Wildman–Crippen MR) is 145 cm³/mol. The zero-order valence-electron chi connectivity index (χ0n) is 22.1. The van der Waals surface area contributed by atoms with E-state index in [-0.39, 0.29) is 24.5 Å². The van der Waals surface area contributed by atoms with E-state index in [0.717, 1.165) is 34.2 Å². The van der Waals surface area contributed by atoms with Gasteiger partial charge in [-0.05, 0) is 62.4 Å². The Morgan fingerprint density at radius 1 is 0.917 bits per heavy atom. The van der Waals surface area contributed by atoms with E-state index < -0.39 is 6.04 Å². The number of benzene rings is 3. The summed E-state index contributed by atoms with van der Waals surface area (Å²) in [5.41, 5.74) is 5.19. The highest BCUT2D eigenvalue weighted by Gasteiger charge is 2.31. The Morgan fingerprint density at radius 3 is 2.31 bits per heavy atom. The van der Waals surface area contributed by atoms with Crippen molar-refractivity contribution >= 4 is 11.8 Å². The van der Waals surface area contributed by atoms with Crippen molar-refractivity contribution in [2.24, 2.45) is 0 Å². The molecule has 0 heterocycles. The maximum absolute atomic E-state index is 13.7. The van der Waals surface area contributed by atoms with Gasteiger partial charge in [-0.3, -0.25) is 9.59 Å². The van der Waals surface area contributed by atoms with Crippen LogP contribution in [0.1, 0.15) is 48.1 Å². The summed E-state index contributed by atoms with van der Waals surface area (Å²) < 4.78 is 5.98. The first-order valence-electron chi connectivity index (χ1n) is 12.7. The van der Waals surface area contributed by atoms with Crippen molar-refractivity contribution in [1.29, 1.82) is 0 Å². The first-order valence-corrected chi connectivity index (χ1v) is 12.7. The van der Waals surface area contributed by atoms with E-state index in [9.17, 15) is 9.59 Å². The molecule has 36 heavy (non-hydrogen) atoms. The van der Waals surface area contributed by atoms with Crippen LogP contribution in [0.5, 0.6) is 5.75 Å². The Labute approximate surface area is 215 Å². The normalized spacial score (nSPS) is 12.5. The summed E-state index contributed by atoms with van der Waals surface area (Å²) in [6.45, 7) is 10.2. The van der Waals surface area contributed by atoms with Crippen LogP contribution in [0.15, 0.2) is 72.8 Å². The number of nitrogens with one attached hydrogen (secondary N) is 1. The minimum atomic E-state index is -0.670. The molecule has 3 rings (SSSR count). The maximum atomic E-state index is 13.7. The SMILES string of the molecule is CC[C@@H](C)NC(=O)[C@H](Cc1ccccc1)N(Cc1cccc(C)c1)C(=O)COc1cccc(C)c1C. The number of carbonyl (C=O) groups is 2. The van der Waals surface area contributed by atoms with Crippen molar-refractivity contribution < 1.29 is 14.3 Å². The lowest BCUT2D eigenvalue weighted by Crippen LogP contribution is -2.53. The number of aryl methyl sites for hydroxylation is 2. The molecular formula is C31H38N2O3. The summed E-state index contributed by atoms with van der Waals surface area (Å²) in [6.07, 6.45) is 1.23. The first-order chi connectivity index (χ1) is 17.3. The van der Waals surface area contributed by atoms with Gasteiger partial charge in [-0.25, -0.2) is 0 Å². The van der Waals surface area contributed by atoms with Crippen molar-refractivity contribution in [3.63, 3.8) is 0 Å². The fourth-order valence-corrected chi connectivity index (χ4v) is 4.11. The van der Waals surface area contributed by atoms with Crippen LogP contribution in [0.2, 0.25) is 0 Å². The summed E-state index contributed by atoms with van der Waals surface area (Å²) in [5, 5.41) is 3.10. The van der Waals surface area contributed by atoms with Crippen molar-refractivity contribution in [2.45, 2.75) is 66.1 Å². The van der Waals surface area contributed by atoms with Gasteiger partial charge in [0, 0.05) is 19.0 Å². The highest BCUT2D eigenvalue weighted by Crippen LogP contribution is 2.21. The third-order valence-electron chi connectivity index (χ3n) is 6.61. The monoisotopic (exact) mass is 486 g/mol. The Hall–Kier alpha value is -3.60. The Morgan fingerprint density at radius 2 is 1.61 bits per heavy atom. The molecule has 0 radical (unpaired) electrons. The van der Waals surface area contributed by atoms with Crippen molar-refractivity contribution in [1.82, 2.24) is 10.2 Å². The number of hydrogen-bond acceptors (Lipinski definition) is 3. The van der Waals surface area contributed by atoms with Gasteiger partial charge in [0.2, 0.25) is 5.91 Å². The molecule has 0 bridgehead atoms. The third-order valence-corrected chi connectivity index (χ3v) is 6.61. The summed E-state index contributed by atoms with van der Waals surface area (Å²) in [5.74, 6) is 0.307. The minimum absolute atomic E-state index is 0.0119. The average molecular weight is 487 g/mol. The van der Waals surface area contributed by atoms with E-state index in [2.05, 4.69) is 11.4 Å². The molecule has 5 heteroatoms. The van der Waals surface area contributed by atoms with Crippen LogP contribution in [-0.4, -0.2) is 35.4 Å². The molecule has 0 saturated carbocycles. The number of carbonyl (C=O) groups excluding carboxylic acids is 2. The van der Waals surface area contributed by atoms with Gasteiger partial charge in [0.05, 0.1) is 0 Å². The summed E-state index contributed by atoms with van der Waals surface area (Å²) in [6, 6.07) is 23.0. The molecule has 0 aliphatic rings. The molecule has 1 N–H and O–H groups in total. The van der Waals surface area contributed by atoms with Crippen LogP contribution in [0.25, 0.3) is 0 Å². The number of ether oxygens (including phenoxy) is 1. The van der Waals surface area contributed by atoms with Gasteiger partial charge < -0.3 is 15.0 Å². The summed E-state index contributed by atoms with van der Waals surface area (Å²) in [7, 11) is 0. The quantitative estimate of drug-likeness (QED) is 0.387. The van der Waals surface area contributed by atoms with Gasteiger partial charge in [0.1, 0.15) is 11.8 Å². The Bertz CT molecular complexity index is 1160. The third kappa shape index (κ3) is 7.45. The van der Waals surface area contributed by atoms with Crippen molar-refractivity contribution in [2.75, 3.05) is 6.61 Å². The second-order valence-electron chi connectivity index (χ2n) is 9.52. The van der Waals surface area contributed by atoms with Gasteiger partial charge >= 0.3 is 0 Å². The van der Waals surface area contributed by atoms with Crippen LogP contribution in [0.3, 0.4) is 0 Å². The second-order valence-corrected chi connectivity index (χ2v) is 9.52. The standard InChI is InChI=1S/C31H38N2O3/c1-6-24(4)32-31(35)28(19-26-14-8-7-9-15-26)33(20-27-16-10-12-22(2)18-27)30(34)21-36-29-17-11-13-23(3)25(29)5/h7-18,24,28H,6,19-21H2,1-5H3,(H,32,35)/t24-,28+/m1/s1. The van der Waals surface area contributed by atoms with E-state index in [1.165, 1.54) is 0 Å². The van der Waals surface area contributed by atoms with Crippen LogP contribution in [0.4, 0.5) is 0 Å². The lowest BCUT2D eigenvalue weighted by atomic mass is 10.0. The van der Waals surface area contributed by atoms with E-state index in [1.54, 1.807) is 4.90 Å². The molecule has 0 unspecified atom stereocenters. The molecule has 0 aromatic heterocycles. The largest absolute Gasteiger partial charge is 0.483 e. The van der Waals surface area contributed by atoms with E-state index in [0.29, 0.717) is 18.7 Å². The van der Waals surface area contributed by atoms with Gasteiger partial charge in [0.15, 0.2) is 6.61 Å². The molecule has 0 fully saturated rings. The highest BCUT2D eigenvalue weighted by molar-refractivity contribution is 5.88. The van der Waals surface area contributed by atoms with E-state index in [4.69, 9.17) is 4.74 Å². The number of hydrogen-bond donors (Lipinski definition) is 1. The molecule has 0 aliphatic heterocycles. The minimum Gasteiger partial charge on any atom is -0.483 e. The fourth-order valence-electron chi connectivity index (χ4n) is 4.11. The number of amides is 2. The molecule has 5 nitrogen and oxygen atoms in total. The molecule has 2 amide bonds. The molecule has 2 atom stereocenters.